The second kappa shape index (κ2) is 9.74. The van der Waals surface area contributed by atoms with Crippen molar-refractivity contribution < 1.29 is 18.3 Å². The van der Waals surface area contributed by atoms with Crippen LogP contribution in [0.4, 0.5) is 8.78 Å². The molecule has 0 bridgehead atoms. The number of alkyl halides is 2. The monoisotopic (exact) mass is 441 g/mol. The summed E-state index contributed by atoms with van der Waals surface area (Å²) in [6.07, 6.45) is 2.52. The Kier molecular flexibility index (Phi) is 8.35. The van der Waals surface area contributed by atoms with E-state index in [0.29, 0.717) is 12.5 Å². The molecule has 0 radical (unpaired) electrons. The van der Waals surface area contributed by atoms with Gasteiger partial charge in [0, 0.05) is 20.1 Å². The van der Waals surface area contributed by atoms with Crippen molar-refractivity contribution >= 4 is 29.9 Å². The number of benzene rings is 1. The van der Waals surface area contributed by atoms with E-state index in [-0.39, 0.29) is 35.5 Å². The molecule has 0 atom stereocenters. The van der Waals surface area contributed by atoms with Gasteiger partial charge in [-0.2, -0.15) is 8.78 Å². The van der Waals surface area contributed by atoms with Crippen LogP contribution in [-0.4, -0.2) is 33.3 Å². The van der Waals surface area contributed by atoms with Gasteiger partial charge in [0.1, 0.15) is 0 Å². The number of guanidine groups is 1. The van der Waals surface area contributed by atoms with E-state index in [1.807, 2.05) is 0 Å². The van der Waals surface area contributed by atoms with Crippen molar-refractivity contribution in [3.05, 3.63) is 23.8 Å². The van der Waals surface area contributed by atoms with Gasteiger partial charge in [0.25, 0.3) is 0 Å². The third kappa shape index (κ3) is 6.76. The van der Waals surface area contributed by atoms with E-state index in [0.717, 1.165) is 18.0 Å². The molecule has 5 nitrogen and oxygen atoms in total. The van der Waals surface area contributed by atoms with Crippen LogP contribution < -0.4 is 20.1 Å². The summed E-state index contributed by atoms with van der Waals surface area (Å²) in [5.74, 6) is 1.74. The molecule has 0 spiro atoms. The fraction of sp³-hybridized carbons (Fsp3) is 0.533. The first-order valence-electron chi connectivity index (χ1n) is 7.18. The normalized spacial score (nSPS) is 14.2. The number of nitrogens with zero attached hydrogens (tertiary/aromatic N) is 1. The first-order valence-corrected chi connectivity index (χ1v) is 7.18. The number of hydrogen-bond acceptors (Lipinski definition) is 3. The van der Waals surface area contributed by atoms with Crippen LogP contribution in [0, 0.1) is 5.92 Å². The number of rotatable bonds is 7. The molecule has 0 unspecified atom stereocenters. The second-order valence-electron chi connectivity index (χ2n) is 5.11. The second-order valence-corrected chi connectivity index (χ2v) is 5.11. The number of ether oxygens (including phenoxy) is 2. The lowest BCUT2D eigenvalue weighted by atomic mass is 10.2. The smallest absolute Gasteiger partial charge is 0.387 e. The van der Waals surface area contributed by atoms with Crippen LogP contribution in [0.15, 0.2) is 23.2 Å². The molecule has 0 aliphatic heterocycles. The molecule has 1 aromatic carbocycles. The Morgan fingerprint density at radius 2 is 2.04 bits per heavy atom. The summed E-state index contributed by atoms with van der Waals surface area (Å²) >= 11 is 0. The molecule has 8 heteroatoms. The molecule has 1 aliphatic carbocycles. The molecule has 1 aliphatic rings. The Morgan fingerprint density at radius 3 is 2.61 bits per heavy atom. The number of aliphatic imine (C=N–C) groups is 1. The molecule has 1 saturated carbocycles. The molecule has 1 fully saturated rings. The molecule has 2 N–H and O–H groups in total. The molecule has 0 amide bonds. The van der Waals surface area contributed by atoms with E-state index in [2.05, 4.69) is 20.4 Å². The largest absolute Gasteiger partial charge is 0.493 e. The summed E-state index contributed by atoms with van der Waals surface area (Å²) in [4.78, 5) is 4.13. The predicted molar refractivity (Wildman–Crippen MR) is 96.0 cm³/mol. The average molecular weight is 441 g/mol. The van der Waals surface area contributed by atoms with Crippen LogP contribution in [0.5, 0.6) is 11.5 Å². The van der Waals surface area contributed by atoms with Gasteiger partial charge in [-0.1, -0.05) is 6.07 Å². The summed E-state index contributed by atoms with van der Waals surface area (Å²) < 4.78 is 34.3. The number of hydrogen-bond donors (Lipinski definition) is 2. The van der Waals surface area contributed by atoms with E-state index < -0.39 is 6.61 Å². The Bertz CT molecular complexity index is 525. The molecule has 0 saturated heterocycles. The molecular weight excluding hydrogens is 419 g/mol. The Balaban J connectivity index is 0.00000264. The van der Waals surface area contributed by atoms with Gasteiger partial charge in [-0.05, 0) is 36.5 Å². The zero-order chi connectivity index (χ0) is 15.9. The maximum Gasteiger partial charge on any atom is 0.387 e. The SMILES string of the molecule is CN=C(NCc1ccc(OC)c(OC(F)F)c1)NCC1CC1.I. The van der Waals surface area contributed by atoms with E-state index >= 15 is 0 Å². The summed E-state index contributed by atoms with van der Waals surface area (Å²) in [6, 6.07) is 4.93. The standard InChI is InChI=1S/C15H21F2N3O2.HI/c1-18-15(19-8-10-3-4-10)20-9-11-5-6-12(21-2)13(7-11)22-14(16)17;/h5-7,10,14H,3-4,8-9H2,1-2H3,(H2,18,19,20);1H. The Morgan fingerprint density at radius 1 is 1.30 bits per heavy atom. The van der Waals surface area contributed by atoms with Crippen molar-refractivity contribution in [1.29, 1.82) is 0 Å². The molecule has 1 aromatic rings. The van der Waals surface area contributed by atoms with Crippen molar-refractivity contribution in [2.75, 3.05) is 20.7 Å². The van der Waals surface area contributed by atoms with Gasteiger partial charge in [-0.25, -0.2) is 0 Å². The zero-order valence-corrected chi connectivity index (χ0v) is 15.5. The van der Waals surface area contributed by atoms with Gasteiger partial charge < -0.3 is 20.1 Å². The van der Waals surface area contributed by atoms with Crippen LogP contribution in [-0.2, 0) is 6.54 Å². The third-order valence-electron chi connectivity index (χ3n) is 3.38. The third-order valence-corrected chi connectivity index (χ3v) is 3.38. The minimum atomic E-state index is -2.88. The molecule has 130 valence electrons. The molecule has 0 heterocycles. The number of halogens is 3. The fourth-order valence-corrected chi connectivity index (χ4v) is 1.99. The zero-order valence-electron chi connectivity index (χ0n) is 13.1. The summed E-state index contributed by atoms with van der Waals surface area (Å²) in [7, 11) is 3.11. The highest BCUT2D eigenvalue weighted by Gasteiger charge is 2.21. The van der Waals surface area contributed by atoms with Gasteiger partial charge in [0.15, 0.2) is 17.5 Å². The van der Waals surface area contributed by atoms with E-state index in [1.165, 1.54) is 26.0 Å². The van der Waals surface area contributed by atoms with E-state index in [1.54, 1.807) is 19.2 Å². The lowest BCUT2D eigenvalue weighted by Gasteiger charge is -2.14. The minimum absolute atomic E-state index is 0. The van der Waals surface area contributed by atoms with Crippen LogP contribution in [0.25, 0.3) is 0 Å². The first kappa shape index (κ1) is 19.7. The molecule has 0 aromatic heterocycles. The summed E-state index contributed by atoms with van der Waals surface area (Å²) in [5, 5.41) is 6.38. The first-order chi connectivity index (χ1) is 10.6. The van der Waals surface area contributed by atoms with Crippen molar-refractivity contribution in [2.45, 2.75) is 26.0 Å². The fourth-order valence-electron chi connectivity index (χ4n) is 1.99. The van der Waals surface area contributed by atoms with Gasteiger partial charge in [0.05, 0.1) is 7.11 Å². The van der Waals surface area contributed by atoms with Gasteiger partial charge in [-0.15, -0.1) is 24.0 Å². The summed E-state index contributed by atoms with van der Waals surface area (Å²) in [5.41, 5.74) is 0.797. The highest BCUT2D eigenvalue weighted by Crippen LogP contribution is 2.29. The van der Waals surface area contributed by atoms with E-state index in [4.69, 9.17) is 4.74 Å². The average Bonchev–Trinajstić information content (AvgIpc) is 3.31. The lowest BCUT2D eigenvalue weighted by Crippen LogP contribution is -2.37. The van der Waals surface area contributed by atoms with Crippen molar-refractivity contribution in [3.8, 4) is 11.5 Å². The van der Waals surface area contributed by atoms with E-state index in [9.17, 15) is 8.78 Å². The van der Waals surface area contributed by atoms with Crippen LogP contribution in [0.1, 0.15) is 18.4 Å². The van der Waals surface area contributed by atoms with Gasteiger partial charge >= 0.3 is 6.61 Å². The van der Waals surface area contributed by atoms with Crippen LogP contribution >= 0.6 is 24.0 Å². The van der Waals surface area contributed by atoms with Crippen LogP contribution in [0.3, 0.4) is 0 Å². The highest BCUT2D eigenvalue weighted by molar-refractivity contribution is 14.0. The van der Waals surface area contributed by atoms with Crippen molar-refractivity contribution in [2.24, 2.45) is 10.9 Å². The lowest BCUT2D eigenvalue weighted by molar-refractivity contribution is -0.0512. The molecule has 23 heavy (non-hydrogen) atoms. The summed E-state index contributed by atoms with van der Waals surface area (Å²) in [6.45, 7) is -1.53. The van der Waals surface area contributed by atoms with Crippen molar-refractivity contribution in [1.82, 2.24) is 10.6 Å². The maximum absolute atomic E-state index is 12.4. The number of methoxy groups -OCH3 is 1. The Labute approximate surface area is 151 Å². The van der Waals surface area contributed by atoms with Crippen LogP contribution in [0.2, 0.25) is 0 Å². The van der Waals surface area contributed by atoms with Gasteiger partial charge in [-0.3, -0.25) is 4.99 Å². The van der Waals surface area contributed by atoms with Crippen molar-refractivity contribution in [3.63, 3.8) is 0 Å². The number of nitrogens with one attached hydrogen (secondary N) is 2. The minimum Gasteiger partial charge on any atom is -0.493 e. The quantitative estimate of drug-likeness (QED) is 0.388. The maximum atomic E-state index is 12.4. The topological polar surface area (TPSA) is 54.9 Å². The highest BCUT2D eigenvalue weighted by atomic mass is 127. The van der Waals surface area contributed by atoms with Gasteiger partial charge in [0.2, 0.25) is 0 Å². The molecular formula is C15H22F2IN3O2. The predicted octanol–water partition coefficient (Wildman–Crippen LogP) is 2.99. The molecule has 2 rings (SSSR count). The Hall–Kier alpha value is -1.32.